The zero-order valence-corrected chi connectivity index (χ0v) is 30.1. The maximum atomic E-state index is 14.3. The molecule has 276 valence electrons. The molecule has 1 aliphatic heterocycles. The average Bonchev–Trinajstić information content (AvgIpc) is 3.51. The molecule has 2 atom stereocenters. The number of ether oxygens (including phenoxy) is 7. The van der Waals surface area contributed by atoms with E-state index >= 15 is 0 Å². The van der Waals surface area contributed by atoms with E-state index in [9.17, 15) is 14.5 Å². The highest BCUT2D eigenvalue weighted by atomic mass is 31.2. The maximum Gasteiger partial charge on any atom is 0.475 e. The van der Waals surface area contributed by atoms with Crippen molar-refractivity contribution in [2.24, 2.45) is 0 Å². The smallest absolute Gasteiger partial charge is 0.475 e. The molecule has 0 aromatic heterocycles. The number of methoxy groups -OCH3 is 4. The average molecular weight is 737 g/mol. The van der Waals surface area contributed by atoms with Gasteiger partial charge in [0.2, 0.25) is 5.76 Å². The van der Waals surface area contributed by atoms with Crippen molar-refractivity contribution in [2.45, 2.75) is 38.6 Å². The SMILES string of the molecule is COc1ccc(COC2=C(OCc3ccc(OC)cc3)C(C(CO)OP(=O)(OCc3ccc(OC)cc3)OCc3ccc(OC)cc3)OC2=O)cc1. The number of carbonyl (C=O) groups excluding carboxylic acids is 1. The van der Waals surface area contributed by atoms with Crippen LogP contribution in [0.5, 0.6) is 23.0 Å². The minimum absolute atomic E-state index is 0.0143. The largest absolute Gasteiger partial charge is 0.497 e. The summed E-state index contributed by atoms with van der Waals surface area (Å²) < 4.78 is 70.5. The number of rotatable bonds is 20. The zero-order chi connectivity index (χ0) is 36.9. The number of cyclic esters (lactones) is 1. The maximum absolute atomic E-state index is 14.3. The first kappa shape index (κ1) is 38.2. The van der Waals surface area contributed by atoms with Crippen molar-refractivity contribution in [3.63, 3.8) is 0 Å². The molecule has 13 nitrogen and oxygen atoms in total. The number of phosphoric ester groups is 1. The van der Waals surface area contributed by atoms with E-state index in [1.165, 1.54) is 0 Å². The van der Waals surface area contributed by atoms with Crippen molar-refractivity contribution < 1.29 is 61.2 Å². The molecule has 0 spiro atoms. The minimum atomic E-state index is -4.49. The molecule has 1 heterocycles. The summed E-state index contributed by atoms with van der Waals surface area (Å²) in [5.74, 6) is 1.40. The van der Waals surface area contributed by atoms with Crippen LogP contribution in [0.3, 0.4) is 0 Å². The lowest BCUT2D eigenvalue weighted by Crippen LogP contribution is -2.35. The second-order valence-corrected chi connectivity index (χ2v) is 12.9. The van der Waals surface area contributed by atoms with Gasteiger partial charge in [0.25, 0.3) is 0 Å². The first-order valence-electron chi connectivity index (χ1n) is 16.2. The van der Waals surface area contributed by atoms with Crippen LogP contribution in [0.4, 0.5) is 0 Å². The number of carbonyl (C=O) groups is 1. The van der Waals surface area contributed by atoms with Crippen molar-refractivity contribution in [1.82, 2.24) is 0 Å². The number of phosphoric acid groups is 1. The van der Waals surface area contributed by atoms with E-state index in [1.807, 2.05) is 0 Å². The second kappa shape index (κ2) is 18.5. The van der Waals surface area contributed by atoms with Crippen LogP contribution >= 0.6 is 7.82 Å². The predicted molar refractivity (Wildman–Crippen MR) is 188 cm³/mol. The molecule has 14 heteroatoms. The van der Waals surface area contributed by atoms with Gasteiger partial charge in [-0.1, -0.05) is 48.5 Å². The van der Waals surface area contributed by atoms with E-state index in [2.05, 4.69) is 0 Å². The van der Waals surface area contributed by atoms with Crippen LogP contribution < -0.4 is 18.9 Å². The van der Waals surface area contributed by atoms with Crippen molar-refractivity contribution in [2.75, 3.05) is 35.0 Å². The van der Waals surface area contributed by atoms with Gasteiger partial charge >= 0.3 is 13.8 Å². The van der Waals surface area contributed by atoms with Crippen molar-refractivity contribution in [1.29, 1.82) is 0 Å². The molecular weight excluding hydrogens is 695 g/mol. The molecule has 0 bridgehead atoms. The van der Waals surface area contributed by atoms with Crippen LogP contribution in [0.1, 0.15) is 22.3 Å². The van der Waals surface area contributed by atoms with Crippen LogP contribution in [0, 0.1) is 0 Å². The van der Waals surface area contributed by atoms with Crippen LogP contribution in [-0.4, -0.2) is 58.3 Å². The third kappa shape index (κ3) is 10.3. The molecule has 52 heavy (non-hydrogen) atoms. The Hall–Kier alpha value is -5.04. The molecule has 0 saturated heterocycles. The third-order valence-corrected chi connectivity index (χ3v) is 9.30. The van der Waals surface area contributed by atoms with Crippen LogP contribution in [0.15, 0.2) is 109 Å². The van der Waals surface area contributed by atoms with E-state index in [0.717, 1.165) is 11.1 Å². The standard InChI is InChI=1S/C38H41O13P/c1-42-30-13-5-26(6-14-30)22-46-36-35(50-38(40)37(36)47-23-27-7-15-31(43-2)16-8-27)34(21-39)51-52(41,48-24-28-9-17-32(44-3)18-10-28)49-25-29-11-19-33(45-4)20-12-29/h5-20,34-35,39H,21-25H2,1-4H3. The van der Waals surface area contributed by atoms with Gasteiger partial charge in [-0.15, -0.1) is 0 Å². The summed E-state index contributed by atoms with van der Waals surface area (Å²) in [6.07, 6.45) is -2.85. The fourth-order valence-electron chi connectivity index (χ4n) is 4.93. The van der Waals surface area contributed by atoms with Gasteiger partial charge in [0, 0.05) is 0 Å². The molecule has 0 saturated carbocycles. The first-order valence-corrected chi connectivity index (χ1v) is 17.6. The van der Waals surface area contributed by atoms with Gasteiger partial charge in [0.1, 0.15) is 42.3 Å². The number of hydrogen-bond donors (Lipinski definition) is 1. The Balaban J connectivity index is 1.40. The van der Waals surface area contributed by atoms with Crippen molar-refractivity contribution in [3.8, 4) is 23.0 Å². The molecule has 5 rings (SSSR count). The fourth-order valence-corrected chi connectivity index (χ4v) is 6.25. The molecule has 1 N–H and O–H groups in total. The van der Waals surface area contributed by atoms with Gasteiger partial charge in [0.05, 0.1) is 48.3 Å². The van der Waals surface area contributed by atoms with Crippen LogP contribution in [-0.2, 0) is 63.6 Å². The summed E-state index contributed by atoms with van der Waals surface area (Å²) >= 11 is 0. The Kier molecular flexibility index (Phi) is 13.6. The quantitative estimate of drug-likeness (QED) is 0.0778. The summed E-state index contributed by atoms with van der Waals surface area (Å²) in [6.45, 7) is -1.16. The zero-order valence-electron chi connectivity index (χ0n) is 29.2. The fraction of sp³-hybridized carbons (Fsp3) is 0.289. The minimum Gasteiger partial charge on any atom is -0.497 e. The van der Waals surface area contributed by atoms with Crippen LogP contribution in [0.2, 0.25) is 0 Å². The van der Waals surface area contributed by atoms with Gasteiger partial charge in [-0.25, -0.2) is 9.36 Å². The van der Waals surface area contributed by atoms with Gasteiger partial charge in [-0.2, -0.15) is 0 Å². The van der Waals surface area contributed by atoms with E-state index in [-0.39, 0.29) is 37.9 Å². The van der Waals surface area contributed by atoms with Gasteiger partial charge in [-0.05, 0) is 70.8 Å². The van der Waals surface area contributed by atoms with Crippen molar-refractivity contribution in [3.05, 3.63) is 131 Å². The molecule has 4 aromatic rings. The van der Waals surface area contributed by atoms with Crippen LogP contribution in [0.25, 0.3) is 0 Å². The molecule has 0 amide bonds. The highest BCUT2D eigenvalue weighted by Gasteiger charge is 2.46. The summed E-state index contributed by atoms with van der Waals surface area (Å²) in [6, 6.07) is 28.0. The highest BCUT2D eigenvalue weighted by Crippen LogP contribution is 2.53. The lowest BCUT2D eigenvalue weighted by atomic mass is 10.1. The molecule has 0 aliphatic carbocycles. The molecule has 0 fully saturated rings. The molecule has 4 aromatic carbocycles. The van der Waals surface area contributed by atoms with Gasteiger partial charge < -0.3 is 38.3 Å². The molecule has 2 unspecified atom stereocenters. The summed E-state index contributed by atoms with van der Waals surface area (Å²) in [4.78, 5) is 13.3. The second-order valence-electron chi connectivity index (χ2n) is 11.3. The van der Waals surface area contributed by atoms with E-state index in [1.54, 1.807) is 126 Å². The van der Waals surface area contributed by atoms with E-state index in [0.29, 0.717) is 34.1 Å². The Bertz CT molecular complexity index is 1750. The molecule has 0 radical (unpaired) electrons. The summed E-state index contributed by atoms with van der Waals surface area (Å²) in [5.41, 5.74) is 2.75. The Morgan fingerprint density at radius 1 is 0.596 bits per heavy atom. The van der Waals surface area contributed by atoms with E-state index < -0.39 is 32.6 Å². The Morgan fingerprint density at radius 2 is 0.962 bits per heavy atom. The van der Waals surface area contributed by atoms with Gasteiger partial charge in [-0.3, -0.25) is 13.6 Å². The lowest BCUT2D eigenvalue weighted by Gasteiger charge is -2.27. The number of benzene rings is 4. The lowest BCUT2D eigenvalue weighted by molar-refractivity contribution is -0.148. The number of aliphatic hydroxyl groups is 1. The monoisotopic (exact) mass is 736 g/mol. The summed E-state index contributed by atoms with van der Waals surface area (Å²) in [5, 5.41) is 10.6. The Morgan fingerprint density at radius 3 is 1.33 bits per heavy atom. The van der Waals surface area contributed by atoms with E-state index in [4.69, 9.17) is 46.7 Å². The van der Waals surface area contributed by atoms with Crippen molar-refractivity contribution >= 4 is 13.8 Å². The highest BCUT2D eigenvalue weighted by molar-refractivity contribution is 7.48. The molecular formula is C38H41O13P. The topological polar surface area (TPSA) is 147 Å². The number of hydrogen-bond acceptors (Lipinski definition) is 13. The predicted octanol–water partition coefficient (Wildman–Crippen LogP) is 6.51. The Labute approximate surface area is 302 Å². The summed E-state index contributed by atoms with van der Waals surface area (Å²) in [7, 11) is 1.72. The third-order valence-electron chi connectivity index (χ3n) is 7.88. The first-order chi connectivity index (χ1) is 25.3. The number of esters is 1. The molecule has 1 aliphatic rings. The number of aliphatic hydroxyl groups excluding tert-OH is 1. The normalized spacial score (nSPS) is 14.8. The van der Waals surface area contributed by atoms with Gasteiger partial charge in [0.15, 0.2) is 11.9 Å².